The molecule has 0 radical (unpaired) electrons. The molecule has 0 bridgehead atoms. The molecule has 0 amide bonds. The minimum atomic E-state index is -1.28. The number of carboxylic acid groups (broad SMARTS) is 1. The Kier molecular flexibility index (Phi) is 2.17. The summed E-state index contributed by atoms with van der Waals surface area (Å²) in [6, 6.07) is 4.13. The predicted molar refractivity (Wildman–Crippen MR) is 53.8 cm³/mol. The molecule has 1 aromatic carbocycles. The third-order valence-electron chi connectivity index (χ3n) is 1.83. The van der Waals surface area contributed by atoms with Gasteiger partial charge in [-0.25, -0.2) is 9.18 Å². The minimum absolute atomic E-state index is 0.314. The standard InChI is InChI=1S/C9H4ClFO2S/c10-7-3-4-6(14-7)2-1-5(11)8(4)9(12)13/h1-3H,(H,12,13). The number of aromatic carboxylic acids is 1. The molecule has 1 N–H and O–H groups in total. The van der Waals surface area contributed by atoms with Gasteiger partial charge in [-0.2, -0.15) is 0 Å². The third-order valence-corrected chi connectivity index (χ3v) is 3.06. The predicted octanol–water partition coefficient (Wildman–Crippen LogP) is 3.39. The first-order chi connectivity index (χ1) is 6.59. The number of hydrogen-bond acceptors (Lipinski definition) is 2. The number of carbonyl (C=O) groups is 1. The Morgan fingerprint density at radius 3 is 2.86 bits per heavy atom. The lowest BCUT2D eigenvalue weighted by atomic mass is 10.1. The Bertz CT molecular complexity index is 521. The second kappa shape index (κ2) is 3.22. The molecule has 0 unspecified atom stereocenters. The normalized spacial score (nSPS) is 10.7. The summed E-state index contributed by atoms with van der Waals surface area (Å²) >= 11 is 6.94. The second-order valence-electron chi connectivity index (χ2n) is 2.69. The summed E-state index contributed by atoms with van der Waals surface area (Å²) in [4.78, 5) is 10.8. The highest BCUT2D eigenvalue weighted by Crippen LogP contribution is 2.32. The highest BCUT2D eigenvalue weighted by Gasteiger charge is 2.16. The van der Waals surface area contributed by atoms with Crippen molar-refractivity contribution >= 4 is 39.0 Å². The van der Waals surface area contributed by atoms with Crippen molar-refractivity contribution in [2.45, 2.75) is 0 Å². The van der Waals surface area contributed by atoms with Gasteiger partial charge in [0.05, 0.1) is 4.34 Å². The first-order valence-corrected chi connectivity index (χ1v) is 4.90. The van der Waals surface area contributed by atoms with Gasteiger partial charge in [0, 0.05) is 10.1 Å². The molecule has 1 aromatic heterocycles. The van der Waals surface area contributed by atoms with E-state index in [9.17, 15) is 9.18 Å². The molecule has 0 aliphatic carbocycles. The Hall–Kier alpha value is -1.13. The zero-order valence-electron chi connectivity index (χ0n) is 6.75. The Balaban J connectivity index is 2.88. The minimum Gasteiger partial charge on any atom is -0.478 e. The van der Waals surface area contributed by atoms with E-state index in [4.69, 9.17) is 16.7 Å². The topological polar surface area (TPSA) is 37.3 Å². The van der Waals surface area contributed by atoms with Crippen LogP contribution in [0.25, 0.3) is 10.1 Å². The third kappa shape index (κ3) is 1.36. The zero-order chi connectivity index (χ0) is 10.3. The zero-order valence-corrected chi connectivity index (χ0v) is 8.32. The van der Waals surface area contributed by atoms with Crippen LogP contribution in [0.2, 0.25) is 4.34 Å². The molecule has 0 saturated carbocycles. The summed E-state index contributed by atoms with van der Waals surface area (Å²) in [6.45, 7) is 0. The molecular weight excluding hydrogens is 227 g/mol. The molecule has 0 spiro atoms. The Labute approximate surface area is 87.5 Å². The Morgan fingerprint density at radius 2 is 2.21 bits per heavy atom. The maximum Gasteiger partial charge on any atom is 0.339 e. The average molecular weight is 231 g/mol. The molecule has 0 atom stereocenters. The number of fused-ring (bicyclic) bond motifs is 1. The van der Waals surface area contributed by atoms with Crippen LogP contribution in [0.5, 0.6) is 0 Å². The molecule has 2 nitrogen and oxygen atoms in total. The molecule has 0 aliphatic heterocycles. The highest BCUT2D eigenvalue weighted by atomic mass is 35.5. The van der Waals surface area contributed by atoms with Gasteiger partial charge in [0.1, 0.15) is 11.4 Å². The molecule has 0 fully saturated rings. The van der Waals surface area contributed by atoms with E-state index < -0.39 is 11.8 Å². The SMILES string of the molecule is O=C(O)c1c(F)ccc2sc(Cl)cc12. The monoisotopic (exact) mass is 230 g/mol. The first kappa shape index (κ1) is 9.43. The number of thiophene rings is 1. The fourth-order valence-electron chi connectivity index (χ4n) is 1.27. The lowest BCUT2D eigenvalue weighted by molar-refractivity contribution is 0.0694. The number of rotatable bonds is 1. The van der Waals surface area contributed by atoms with Crippen LogP contribution < -0.4 is 0 Å². The molecule has 5 heteroatoms. The molecule has 72 valence electrons. The smallest absolute Gasteiger partial charge is 0.339 e. The maximum atomic E-state index is 13.2. The highest BCUT2D eigenvalue weighted by molar-refractivity contribution is 7.22. The van der Waals surface area contributed by atoms with E-state index in [-0.39, 0.29) is 5.56 Å². The first-order valence-electron chi connectivity index (χ1n) is 3.70. The molecule has 1 heterocycles. The van der Waals surface area contributed by atoms with Crippen LogP contribution in [-0.2, 0) is 0 Å². The van der Waals surface area contributed by atoms with Crippen molar-refractivity contribution < 1.29 is 14.3 Å². The van der Waals surface area contributed by atoms with Crippen LogP contribution in [-0.4, -0.2) is 11.1 Å². The number of hydrogen-bond donors (Lipinski definition) is 1. The van der Waals surface area contributed by atoms with Crippen molar-refractivity contribution in [2.75, 3.05) is 0 Å². The van der Waals surface area contributed by atoms with E-state index in [2.05, 4.69) is 0 Å². The van der Waals surface area contributed by atoms with Gasteiger partial charge in [0.2, 0.25) is 0 Å². The van der Waals surface area contributed by atoms with Crippen molar-refractivity contribution in [3.8, 4) is 0 Å². The van der Waals surface area contributed by atoms with E-state index in [1.54, 1.807) is 0 Å². The van der Waals surface area contributed by atoms with Gasteiger partial charge in [-0.05, 0) is 18.2 Å². The summed E-state index contributed by atoms with van der Waals surface area (Å²) in [5.74, 6) is -2.01. The van der Waals surface area contributed by atoms with Crippen molar-refractivity contribution in [2.24, 2.45) is 0 Å². The number of carboxylic acids is 1. The van der Waals surface area contributed by atoms with Crippen molar-refractivity contribution in [1.29, 1.82) is 0 Å². The summed E-state index contributed by atoms with van der Waals surface area (Å²) in [6.07, 6.45) is 0. The van der Waals surface area contributed by atoms with Crippen LogP contribution in [0, 0.1) is 5.82 Å². The summed E-state index contributed by atoms with van der Waals surface area (Å²) in [7, 11) is 0. The second-order valence-corrected chi connectivity index (χ2v) is 4.40. The van der Waals surface area contributed by atoms with Crippen molar-refractivity contribution in [3.05, 3.63) is 33.9 Å². The molecular formula is C9H4ClFO2S. The van der Waals surface area contributed by atoms with Crippen LogP contribution in [0.1, 0.15) is 10.4 Å². The van der Waals surface area contributed by atoms with Crippen LogP contribution >= 0.6 is 22.9 Å². The summed E-state index contributed by atoms with van der Waals surface area (Å²) in [5.41, 5.74) is -0.314. The molecule has 0 aliphatic rings. The quantitative estimate of drug-likeness (QED) is 0.815. The molecule has 2 aromatic rings. The van der Waals surface area contributed by atoms with E-state index in [1.807, 2.05) is 0 Å². The Morgan fingerprint density at radius 1 is 1.50 bits per heavy atom. The van der Waals surface area contributed by atoms with Gasteiger partial charge in [-0.15, -0.1) is 11.3 Å². The van der Waals surface area contributed by atoms with Crippen LogP contribution in [0.3, 0.4) is 0 Å². The van der Waals surface area contributed by atoms with E-state index in [0.717, 1.165) is 6.07 Å². The van der Waals surface area contributed by atoms with E-state index in [1.165, 1.54) is 23.5 Å². The maximum absolute atomic E-state index is 13.2. The van der Waals surface area contributed by atoms with E-state index in [0.29, 0.717) is 14.4 Å². The van der Waals surface area contributed by atoms with Gasteiger partial charge in [-0.3, -0.25) is 0 Å². The van der Waals surface area contributed by atoms with Crippen LogP contribution in [0.15, 0.2) is 18.2 Å². The lowest BCUT2D eigenvalue weighted by Crippen LogP contribution is -2.00. The largest absolute Gasteiger partial charge is 0.478 e. The van der Waals surface area contributed by atoms with Crippen molar-refractivity contribution in [3.63, 3.8) is 0 Å². The molecule has 0 saturated heterocycles. The average Bonchev–Trinajstić information content (AvgIpc) is 2.43. The van der Waals surface area contributed by atoms with Gasteiger partial charge in [0.15, 0.2) is 0 Å². The summed E-state index contributed by atoms with van der Waals surface area (Å²) < 4.78 is 14.3. The molecule has 2 rings (SSSR count). The van der Waals surface area contributed by atoms with Gasteiger partial charge in [-0.1, -0.05) is 11.6 Å². The van der Waals surface area contributed by atoms with Gasteiger partial charge in [0.25, 0.3) is 0 Å². The van der Waals surface area contributed by atoms with Crippen LogP contribution in [0.4, 0.5) is 4.39 Å². The van der Waals surface area contributed by atoms with Crippen molar-refractivity contribution in [1.82, 2.24) is 0 Å². The molecule has 14 heavy (non-hydrogen) atoms. The lowest BCUT2D eigenvalue weighted by Gasteiger charge is -1.98. The fraction of sp³-hybridized carbons (Fsp3) is 0. The fourth-order valence-corrected chi connectivity index (χ4v) is 2.42. The number of halogens is 2. The van der Waals surface area contributed by atoms with Gasteiger partial charge >= 0.3 is 5.97 Å². The van der Waals surface area contributed by atoms with E-state index >= 15 is 0 Å². The summed E-state index contributed by atoms with van der Waals surface area (Å²) in [5, 5.41) is 9.15. The van der Waals surface area contributed by atoms with Gasteiger partial charge < -0.3 is 5.11 Å². The number of benzene rings is 1.